The highest BCUT2D eigenvalue weighted by molar-refractivity contribution is 6.20. The number of rotatable bonds is 0. The molecule has 0 N–H and O–H groups in total. The molecule has 0 unspecified atom stereocenters. The van der Waals surface area contributed by atoms with E-state index < -0.39 is 0 Å². The van der Waals surface area contributed by atoms with Crippen LogP contribution in [0.2, 0.25) is 0 Å². The Bertz CT molecular complexity index is 58.3. The van der Waals surface area contributed by atoms with Gasteiger partial charge in [-0.3, -0.25) is 0 Å². The maximum Gasteiger partial charge on any atom is 0.0404 e. The van der Waals surface area contributed by atoms with Crippen LogP contribution in [0.4, 0.5) is 0 Å². The van der Waals surface area contributed by atoms with Crippen molar-refractivity contribution < 1.29 is 0 Å². The fraction of sp³-hybridized carbons (Fsp3) is 0.600. The predicted octanol–water partition coefficient (Wildman–Crippen LogP) is 1.94. The molecule has 0 amide bonds. The Morgan fingerprint density at radius 1 is 1.33 bits per heavy atom. The van der Waals surface area contributed by atoms with Crippen molar-refractivity contribution >= 4 is 11.6 Å². The molecule has 1 aliphatic carbocycles. The number of alkyl halides is 1. The molecule has 0 fully saturated rings. The van der Waals surface area contributed by atoms with Crippen molar-refractivity contribution in [2.24, 2.45) is 0 Å². The number of allylic oxidation sites excluding steroid dienone is 2. The van der Waals surface area contributed by atoms with Gasteiger partial charge in [-0.05, 0) is 12.8 Å². The Morgan fingerprint density at radius 3 is 2.00 bits per heavy atom. The highest BCUT2D eigenvalue weighted by Gasteiger charge is 2.02. The van der Waals surface area contributed by atoms with Crippen LogP contribution in [0.25, 0.3) is 0 Å². The first kappa shape index (κ1) is 4.20. The van der Waals surface area contributed by atoms with Gasteiger partial charge in [0.25, 0.3) is 0 Å². The maximum atomic E-state index is 5.65. The van der Waals surface area contributed by atoms with Crippen molar-refractivity contribution in [2.75, 3.05) is 0 Å². The molecule has 1 aliphatic rings. The number of hydrogen-bond acceptors (Lipinski definition) is 0. The van der Waals surface area contributed by atoms with Gasteiger partial charge >= 0.3 is 0 Å². The van der Waals surface area contributed by atoms with Crippen LogP contribution < -0.4 is 0 Å². The molecule has 0 saturated carbocycles. The van der Waals surface area contributed by atoms with E-state index in [2.05, 4.69) is 12.2 Å². The molecule has 1 rings (SSSR count). The van der Waals surface area contributed by atoms with E-state index in [1.807, 2.05) is 0 Å². The van der Waals surface area contributed by atoms with Gasteiger partial charge in [0.05, 0.1) is 0 Å². The average molecular weight is 103 g/mol. The van der Waals surface area contributed by atoms with Crippen LogP contribution >= 0.6 is 11.6 Å². The molecule has 0 radical (unpaired) electrons. The molecule has 0 aromatic rings. The molecule has 0 aliphatic heterocycles. The molecule has 0 nitrogen and oxygen atoms in total. The SMILES string of the molecule is ClC1CC=CC1. The van der Waals surface area contributed by atoms with E-state index in [0.29, 0.717) is 5.38 Å². The average Bonchev–Trinajstić information content (AvgIpc) is 1.86. The minimum absolute atomic E-state index is 0.407. The third kappa shape index (κ3) is 0.749. The Balaban J connectivity index is 2.32. The second-order valence-corrected chi connectivity index (χ2v) is 2.16. The standard InChI is InChI=1S/C5H7Cl/c6-5-3-1-2-4-5/h1-2,5H,3-4H2. The Kier molecular flexibility index (Phi) is 1.16. The first-order valence-corrected chi connectivity index (χ1v) is 2.62. The molecular formula is C5H7Cl. The largest absolute Gasteiger partial charge is 0.122 e. The highest BCUT2D eigenvalue weighted by atomic mass is 35.5. The molecular weight excluding hydrogens is 95.5 g/mol. The third-order valence-electron chi connectivity index (χ3n) is 0.950. The van der Waals surface area contributed by atoms with Gasteiger partial charge in [0.15, 0.2) is 0 Å². The summed E-state index contributed by atoms with van der Waals surface area (Å²) >= 11 is 5.65. The molecule has 0 bridgehead atoms. The van der Waals surface area contributed by atoms with E-state index in [0.717, 1.165) is 12.8 Å². The van der Waals surface area contributed by atoms with Crippen molar-refractivity contribution in [3.8, 4) is 0 Å². The molecule has 0 heterocycles. The summed E-state index contributed by atoms with van der Waals surface area (Å²) in [4.78, 5) is 0. The Hall–Kier alpha value is 0.0300. The maximum absolute atomic E-state index is 5.65. The Labute approximate surface area is 42.8 Å². The van der Waals surface area contributed by atoms with Crippen LogP contribution in [0.15, 0.2) is 12.2 Å². The molecule has 0 saturated heterocycles. The first-order valence-electron chi connectivity index (χ1n) is 2.18. The zero-order valence-electron chi connectivity index (χ0n) is 3.52. The van der Waals surface area contributed by atoms with Crippen molar-refractivity contribution in [1.29, 1.82) is 0 Å². The van der Waals surface area contributed by atoms with Gasteiger partial charge in [-0.15, -0.1) is 11.6 Å². The van der Waals surface area contributed by atoms with E-state index in [1.165, 1.54) is 0 Å². The molecule has 0 aromatic carbocycles. The number of hydrogen-bond donors (Lipinski definition) is 0. The fourth-order valence-electron chi connectivity index (χ4n) is 0.584. The summed E-state index contributed by atoms with van der Waals surface area (Å²) in [5.41, 5.74) is 0. The van der Waals surface area contributed by atoms with E-state index in [9.17, 15) is 0 Å². The zero-order chi connectivity index (χ0) is 4.41. The van der Waals surface area contributed by atoms with Gasteiger partial charge in [-0.25, -0.2) is 0 Å². The lowest BCUT2D eigenvalue weighted by atomic mass is 10.4. The lowest BCUT2D eigenvalue weighted by molar-refractivity contribution is 0.940. The van der Waals surface area contributed by atoms with Gasteiger partial charge in [-0.1, -0.05) is 12.2 Å². The van der Waals surface area contributed by atoms with Crippen LogP contribution in [-0.4, -0.2) is 5.38 Å². The van der Waals surface area contributed by atoms with Crippen molar-refractivity contribution in [2.45, 2.75) is 18.2 Å². The summed E-state index contributed by atoms with van der Waals surface area (Å²) in [6.07, 6.45) is 6.39. The quantitative estimate of drug-likeness (QED) is 0.324. The minimum Gasteiger partial charge on any atom is -0.122 e. The molecule has 0 spiro atoms. The lowest BCUT2D eigenvalue weighted by Gasteiger charge is -1.89. The van der Waals surface area contributed by atoms with Crippen molar-refractivity contribution in [3.63, 3.8) is 0 Å². The summed E-state index contributed by atoms with van der Waals surface area (Å²) in [6, 6.07) is 0. The normalized spacial score (nSPS) is 22.8. The van der Waals surface area contributed by atoms with Crippen molar-refractivity contribution in [3.05, 3.63) is 12.2 Å². The van der Waals surface area contributed by atoms with E-state index in [-0.39, 0.29) is 0 Å². The summed E-state index contributed by atoms with van der Waals surface area (Å²) in [7, 11) is 0. The second-order valence-electron chi connectivity index (χ2n) is 1.54. The summed E-state index contributed by atoms with van der Waals surface area (Å²) < 4.78 is 0. The van der Waals surface area contributed by atoms with E-state index >= 15 is 0 Å². The number of halogens is 1. The fourth-order valence-corrected chi connectivity index (χ4v) is 0.790. The van der Waals surface area contributed by atoms with E-state index in [4.69, 9.17) is 11.6 Å². The second kappa shape index (κ2) is 1.65. The van der Waals surface area contributed by atoms with Gasteiger partial charge in [0.1, 0.15) is 0 Å². The Morgan fingerprint density at radius 2 is 1.83 bits per heavy atom. The topological polar surface area (TPSA) is 0 Å². The highest BCUT2D eigenvalue weighted by Crippen LogP contribution is 2.14. The van der Waals surface area contributed by atoms with E-state index in [1.54, 1.807) is 0 Å². The van der Waals surface area contributed by atoms with Crippen LogP contribution in [0.1, 0.15) is 12.8 Å². The van der Waals surface area contributed by atoms with Crippen LogP contribution in [0, 0.1) is 0 Å². The monoisotopic (exact) mass is 102 g/mol. The first-order chi connectivity index (χ1) is 2.89. The van der Waals surface area contributed by atoms with Gasteiger partial charge in [0.2, 0.25) is 0 Å². The zero-order valence-corrected chi connectivity index (χ0v) is 4.28. The lowest BCUT2D eigenvalue weighted by Crippen LogP contribution is -1.84. The molecule has 0 aromatic heterocycles. The third-order valence-corrected chi connectivity index (χ3v) is 1.31. The van der Waals surface area contributed by atoms with Crippen molar-refractivity contribution in [1.82, 2.24) is 0 Å². The van der Waals surface area contributed by atoms with Gasteiger partial charge in [-0.2, -0.15) is 0 Å². The minimum atomic E-state index is 0.407. The van der Waals surface area contributed by atoms with Crippen LogP contribution in [-0.2, 0) is 0 Å². The predicted molar refractivity (Wildman–Crippen MR) is 28.0 cm³/mol. The molecule has 0 atom stereocenters. The molecule has 34 valence electrons. The summed E-state index contributed by atoms with van der Waals surface area (Å²) in [5, 5.41) is 0.407. The van der Waals surface area contributed by atoms with Crippen LogP contribution in [0.5, 0.6) is 0 Å². The summed E-state index contributed by atoms with van der Waals surface area (Å²) in [6.45, 7) is 0. The van der Waals surface area contributed by atoms with Gasteiger partial charge < -0.3 is 0 Å². The summed E-state index contributed by atoms with van der Waals surface area (Å²) in [5.74, 6) is 0. The molecule has 6 heavy (non-hydrogen) atoms. The van der Waals surface area contributed by atoms with Crippen LogP contribution in [0.3, 0.4) is 0 Å². The smallest absolute Gasteiger partial charge is 0.0404 e. The molecule has 1 heteroatoms. The van der Waals surface area contributed by atoms with Gasteiger partial charge in [0, 0.05) is 5.38 Å².